The quantitative estimate of drug-likeness (QED) is 0.692. The minimum atomic E-state index is -0.504. The summed E-state index contributed by atoms with van der Waals surface area (Å²) in [6, 6.07) is 10.5. The highest BCUT2D eigenvalue weighted by atomic mass is 32.2. The number of amides is 2. The number of nitrogens with zero attached hydrogens (tertiary/aromatic N) is 2. The molecule has 0 atom stereocenters. The highest BCUT2D eigenvalue weighted by Crippen LogP contribution is 2.31. The van der Waals surface area contributed by atoms with Crippen molar-refractivity contribution in [1.82, 2.24) is 9.80 Å². The van der Waals surface area contributed by atoms with E-state index in [4.69, 9.17) is 0 Å². The summed E-state index contributed by atoms with van der Waals surface area (Å²) in [5.41, 5.74) is 0.838. The van der Waals surface area contributed by atoms with Crippen molar-refractivity contribution in [1.29, 1.82) is 0 Å². The van der Waals surface area contributed by atoms with Crippen LogP contribution in [-0.4, -0.2) is 52.8 Å². The number of thioether (sulfide) groups is 1. The van der Waals surface area contributed by atoms with Crippen molar-refractivity contribution in [2.75, 3.05) is 25.4 Å². The van der Waals surface area contributed by atoms with Crippen LogP contribution in [0.15, 0.2) is 41.4 Å². The first-order valence-electron chi connectivity index (χ1n) is 10.2. The van der Waals surface area contributed by atoms with Crippen LogP contribution in [-0.2, 0) is 20.8 Å². The average Bonchev–Trinajstić information content (AvgIpc) is 3.02. The van der Waals surface area contributed by atoms with Crippen molar-refractivity contribution in [3.05, 3.63) is 47.0 Å². The Labute approximate surface area is 177 Å². The first-order valence-corrected chi connectivity index (χ1v) is 11.2. The van der Waals surface area contributed by atoms with Crippen LogP contribution in [0.3, 0.4) is 0 Å². The van der Waals surface area contributed by atoms with Gasteiger partial charge in [0.15, 0.2) is 5.78 Å². The maximum atomic E-state index is 12.8. The molecule has 0 bridgehead atoms. The van der Waals surface area contributed by atoms with Gasteiger partial charge in [0.1, 0.15) is 6.54 Å². The summed E-state index contributed by atoms with van der Waals surface area (Å²) in [6.45, 7) is 7.03. The minimum Gasteiger partial charge on any atom is -0.341 e. The molecule has 2 amide bonds. The SMILES string of the molecule is CC(C)(C)C(=O)C=C1SCC(=O)N1CC(=O)N1CCC(Cc2ccccc2)CC1. The van der Waals surface area contributed by atoms with Crippen LogP contribution in [0.4, 0.5) is 0 Å². The van der Waals surface area contributed by atoms with E-state index >= 15 is 0 Å². The highest BCUT2D eigenvalue weighted by Gasteiger charge is 2.32. The highest BCUT2D eigenvalue weighted by molar-refractivity contribution is 8.04. The molecular formula is C23H30N2O3S. The third-order valence-corrected chi connectivity index (χ3v) is 6.56. The van der Waals surface area contributed by atoms with Crippen molar-refractivity contribution in [3.8, 4) is 0 Å². The standard InChI is InChI=1S/C23H30N2O3S/c1-23(2,3)19(26)14-22-25(21(28)16-29-22)15-20(27)24-11-9-18(10-12-24)13-17-7-5-4-6-8-17/h4-8,14,18H,9-13,15-16H2,1-3H3. The Morgan fingerprint density at radius 1 is 1.14 bits per heavy atom. The molecule has 156 valence electrons. The number of ketones is 1. The molecule has 0 N–H and O–H groups in total. The van der Waals surface area contributed by atoms with Crippen LogP contribution >= 0.6 is 11.8 Å². The Morgan fingerprint density at radius 2 is 1.79 bits per heavy atom. The molecule has 2 heterocycles. The second-order valence-corrected chi connectivity index (χ2v) is 9.87. The second kappa shape index (κ2) is 9.16. The fourth-order valence-electron chi connectivity index (χ4n) is 3.60. The summed E-state index contributed by atoms with van der Waals surface area (Å²) in [4.78, 5) is 40.7. The normalized spacial score (nSPS) is 19.8. The summed E-state index contributed by atoms with van der Waals surface area (Å²) in [7, 11) is 0. The van der Waals surface area contributed by atoms with Crippen LogP contribution in [0, 0.1) is 11.3 Å². The number of carbonyl (C=O) groups is 3. The summed E-state index contributed by atoms with van der Waals surface area (Å²) in [5.74, 6) is 0.706. The van der Waals surface area contributed by atoms with Crippen LogP contribution in [0.25, 0.3) is 0 Å². The van der Waals surface area contributed by atoms with Gasteiger partial charge in [0.05, 0.1) is 10.8 Å². The van der Waals surface area contributed by atoms with Crippen molar-refractivity contribution in [3.63, 3.8) is 0 Å². The van der Waals surface area contributed by atoms with Crippen molar-refractivity contribution in [2.45, 2.75) is 40.0 Å². The lowest BCUT2D eigenvalue weighted by molar-refractivity contribution is -0.138. The zero-order valence-electron chi connectivity index (χ0n) is 17.5. The van der Waals surface area contributed by atoms with Crippen molar-refractivity contribution in [2.24, 2.45) is 11.3 Å². The van der Waals surface area contributed by atoms with Gasteiger partial charge in [-0.05, 0) is 30.7 Å². The largest absolute Gasteiger partial charge is 0.341 e. The summed E-state index contributed by atoms with van der Waals surface area (Å²) >= 11 is 1.34. The van der Waals surface area contributed by atoms with Gasteiger partial charge in [-0.15, -0.1) is 0 Å². The summed E-state index contributed by atoms with van der Waals surface area (Å²) in [5, 5.41) is 0.599. The monoisotopic (exact) mass is 414 g/mol. The van der Waals surface area contributed by atoms with Gasteiger partial charge in [-0.2, -0.15) is 0 Å². The topological polar surface area (TPSA) is 57.7 Å². The average molecular weight is 415 g/mol. The molecule has 0 spiro atoms. The molecule has 1 aromatic rings. The lowest BCUT2D eigenvalue weighted by atomic mass is 9.90. The third-order valence-electron chi connectivity index (χ3n) is 5.53. The summed E-state index contributed by atoms with van der Waals surface area (Å²) in [6.07, 6.45) is 4.53. The Bertz CT molecular complexity index is 790. The smallest absolute Gasteiger partial charge is 0.242 e. The lowest BCUT2D eigenvalue weighted by Crippen LogP contribution is -2.44. The molecule has 0 radical (unpaired) electrons. The first-order chi connectivity index (χ1) is 13.7. The Morgan fingerprint density at radius 3 is 2.41 bits per heavy atom. The Balaban J connectivity index is 1.55. The fourth-order valence-corrected chi connectivity index (χ4v) is 4.54. The van der Waals surface area contributed by atoms with E-state index in [0.717, 1.165) is 32.4 Å². The van der Waals surface area contributed by atoms with E-state index in [1.165, 1.54) is 28.3 Å². The molecule has 0 unspecified atom stereocenters. The number of hydrogen-bond donors (Lipinski definition) is 0. The molecule has 0 saturated carbocycles. The van der Waals surface area contributed by atoms with Gasteiger partial charge in [0.2, 0.25) is 11.8 Å². The van der Waals surface area contributed by atoms with Crippen LogP contribution in [0.5, 0.6) is 0 Å². The zero-order chi connectivity index (χ0) is 21.0. The predicted molar refractivity (Wildman–Crippen MR) is 116 cm³/mol. The molecule has 2 saturated heterocycles. The van der Waals surface area contributed by atoms with E-state index in [2.05, 4.69) is 24.3 Å². The lowest BCUT2D eigenvalue weighted by Gasteiger charge is -2.33. The maximum Gasteiger partial charge on any atom is 0.242 e. The minimum absolute atomic E-state index is 0.0262. The van der Waals surface area contributed by atoms with Crippen molar-refractivity contribution < 1.29 is 14.4 Å². The van der Waals surface area contributed by atoms with E-state index in [0.29, 0.717) is 10.9 Å². The second-order valence-electron chi connectivity index (χ2n) is 8.88. The van der Waals surface area contributed by atoms with E-state index in [-0.39, 0.29) is 29.9 Å². The number of rotatable bonds is 5. The Hall–Kier alpha value is -2.08. The number of allylic oxidation sites excluding steroid dienone is 1. The number of piperidine rings is 1. The molecule has 2 fully saturated rings. The van der Waals surface area contributed by atoms with Gasteiger partial charge >= 0.3 is 0 Å². The molecule has 0 aromatic heterocycles. The van der Waals surface area contributed by atoms with Crippen LogP contribution in [0.1, 0.15) is 39.2 Å². The molecule has 1 aromatic carbocycles. The first kappa shape index (κ1) is 21.6. The Kier molecular flexibility index (Phi) is 6.83. The maximum absolute atomic E-state index is 12.8. The van der Waals surface area contributed by atoms with E-state index in [1.54, 1.807) is 0 Å². The molecular weight excluding hydrogens is 384 g/mol. The van der Waals surface area contributed by atoms with E-state index in [1.807, 2.05) is 31.7 Å². The molecule has 29 heavy (non-hydrogen) atoms. The van der Waals surface area contributed by atoms with Gasteiger partial charge in [0.25, 0.3) is 0 Å². The number of likely N-dealkylation sites (tertiary alicyclic amines) is 1. The van der Waals surface area contributed by atoms with Crippen LogP contribution in [0.2, 0.25) is 0 Å². The third kappa shape index (κ3) is 5.72. The van der Waals surface area contributed by atoms with Gasteiger partial charge in [-0.25, -0.2) is 0 Å². The zero-order valence-corrected chi connectivity index (χ0v) is 18.3. The molecule has 5 nitrogen and oxygen atoms in total. The fraction of sp³-hybridized carbons (Fsp3) is 0.522. The molecule has 6 heteroatoms. The molecule has 0 aliphatic carbocycles. The number of carbonyl (C=O) groups excluding carboxylic acids is 3. The number of benzene rings is 1. The molecule has 3 rings (SSSR count). The van der Waals surface area contributed by atoms with Crippen LogP contribution < -0.4 is 0 Å². The van der Waals surface area contributed by atoms with Gasteiger partial charge < -0.3 is 4.90 Å². The number of hydrogen-bond acceptors (Lipinski definition) is 4. The van der Waals surface area contributed by atoms with Gasteiger partial charge in [-0.3, -0.25) is 19.3 Å². The van der Waals surface area contributed by atoms with Crippen molar-refractivity contribution >= 4 is 29.4 Å². The van der Waals surface area contributed by atoms with Gasteiger partial charge in [0, 0.05) is 24.6 Å². The molecule has 2 aliphatic rings. The predicted octanol–water partition coefficient (Wildman–Crippen LogP) is 3.50. The van der Waals surface area contributed by atoms with E-state index in [9.17, 15) is 14.4 Å². The van der Waals surface area contributed by atoms with E-state index < -0.39 is 5.41 Å². The molecule has 2 aliphatic heterocycles. The van der Waals surface area contributed by atoms with Gasteiger partial charge in [-0.1, -0.05) is 62.9 Å². The summed E-state index contributed by atoms with van der Waals surface area (Å²) < 4.78 is 0.